The molecule has 2 aromatic rings. The average molecular weight is 415 g/mol. The predicted molar refractivity (Wildman–Crippen MR) is 112 cm³/mol. The molecule has 1 aliphatic rings. The maximum absolute atomic E-state index is 12.8. The second-order valence-corrected chi connectivity index (χ2v) is 10.1. The lowest BCUT2D eigenvalue weighted by molar-refractivity contribution is 0.0535. The van der Waals surface area contributed by atoms with Gasteiger partial charge in [-0.05, 0) is 57.2 Å². The van der Waals surface area contributed by atoms with E-state index in [9.17, 15) is 18.0 Å². The molecule has 1 heterocycles. The van der Waals surface area contributed by atoms with Crippen LogP contribution in [0.3, 0.4) is 0 Å². The van der Waals surface area contributed by atoms with Gasteiger partial charge in [0, 0.05) is 37.3 Å². The molecule has 2 aromatic carbocycles. The Morgan fingerprint density at radius 1 is 0.759 bits per heavy atom. The van der Waals surface area contributed by atoms with Crippen molar-refractivity contribution in [2.24, 2.45) is 0 Å². The molecule has 1 aliphatic heterocycles. The number of hydrogen-bond acceptors (Lipinski definition) is 4. The Kier molecular flexibility index (Phi) is 6.07. The quantitative estimate of drug-likeness (QED) is 0.771. The van der Waals surface area contributed by atoms with Crippen molar-refractivity contribution in [1.82, 2.24) is 9.80 Å². The van der Waals surface area contributed by atoms with E-state index in [4.69, 9.17) is 0 Å². The van der Waals surface area contributed by atoms with Crippen LogP contribution in [0, 0.1) is 6.92 Å². The van der Waals surface area contributed by atoms with Gasteiger partial charge in [0.15, 0.2) is 9.84 Å². The van der Waals surface area contributed by atoms with Gasteiger partial charge in [0.2, 0.25) is 0 Å². The summed E-state index contributed by atoms with van der Waals surface area (Å²) >= 11 is 0. The van der Waals surface area contributed by atoms with E-state index >= 15 is 0 Å². The van der Waals surface area contributed by atoms with E-state index in [0.29, 0.717) is 37.3 Å². The number of piperazine rings is 1. The number of sulfone groups is 1. The highest BCUT2D eigenvalue weighted by atomic mass is 32.2. The third-order valence-electron chi connectivity index (χ3n) is 5.20. The van der Waals surface area contributed by atoms with Crippen molar-refractivity contribution >= 4 is 21.7 Å². The van der Waals surface area contributed by atoms with E-state index in [0.717, 1.165) is 5.56 Å². The molecule has 0 radical (unpaired) electrons. The Morgan fingerprint density at radius 3 is 1.52 bits per heavy atom. The molecule has 29 heavy (non-hydrogen) atoms. The fraction of sp³-hybridized carbons (Fsp3) is 0.364. The van der Waals surface area contributed by atoms with Crippen LogP contribution < -0.4 is 0 Å². The van der Waals surface area contributed by atoms with Crippen molar-refractivity contribution in [2.75, 3.05) is 26.2 Å². The van der Waals surface area contributed by atoms with Crippen LogP contribution in [-0.2, 0) is 9.84 Å². The highest BCUT2D eigenvalue weighted by molar-refractivity contribution is 7.92. The molecule has 2 amide bonds. The molecule has 0 N–H and O–H groups in total. The third-order valence-corrected chi connectivity index (χ3v) is 7.37. The Bertz CT molecular complexity index is 988. The van der Waals surface area contributed by atoms with Crippen LogP contribution in [0.2, 0.25) is 0 Å². The summed E-state index contributed by atoms with van der Waals surface area (Å²) in [6.45, 7) is 7.07. The molecular weight excluding hydrogens is 388 g/mol. The molecule has 0 saturated carbocycles. The normalized spacial score (nSPS) is 14.9. The van der Waals surface area contributed by atoms with Crippen molar-refractivity contribution < 1.29 is 18.0 Å². The van der Waals surface area contributed by atoms with Crippen molar-refractivity contribution in [3.63, 3.8) is 0 Å². The van der Waals surface area contributed by atoms with Gasteiger partial charge < -0.3 is 9.80 Å². The Labute approximate surface area is 172 Å². The van der Waals surface area contributed by atoms with E-state index < -0.39 is 15.1 Å². The van der Waals surface area contributed by atoms with Crippen molar-refractivity contribution in [3.05, 3.63) is 65.2 Å². The number of carbonyl (C=O) groups is 2. The van der Waals surface area contributed by atoms with Gasteiger partial charge >= 0.3 is 0 Å². The molecule has 3 rings (SSSR count). The Hall–Kier alpha value is -2.67. The van der Waals surface area contributed by atoms with Crippen LogP contribution in [-0.4, -0.2) is 61.5 Å². The number of carbonyl (C=O) groups excluding carboxylic acids is 2. The summed E-state index contributed by atoms with van der Waals surface area (Å²) in [4.78, 5) is 29.0. The lowest BCUT2D eigenvalue weighted by atomic mass is 10.1. The summed E-state index contributed by atoms with van der Waals surface area (Å²) in [6, 6.07) is 13.6. The molecule has 0 spiro atoms. The predicted octanol–water partition coefficient (Wildman–Crippen LogP) is 2.78. The van der Waals surface area contributed by atoms with Crippen LogP contribution in [0.5, 0.6) is 0 Å². The van der Waals surface area contributed by atoms with E-state index in [1.807, 2.05) is 31.2 Å². The first-order valence-electron chi connectivity index (χ1n) is 9.69. The molecule has 1 fully saturated rings. The van der Waals surface area contributed by atoms with Crippen molar-refractivity contribution in [1.29, 1.82) is 0 Å². The number of hydrogen-bond donors (Lipinski definition) is 0. The molecule has 1 saturated heterocycles. The van der Waals surface area contributed by atoms with Crippen molar-refractivity contribution in [2.45, 2.75) is 30.9 Å². The minimum atomic E-state index is -3.36. The van der Waals surface area contributed by atoms with Crippen LogP contribution in [0.4, 0.5) is 0 Å². The maximum atomic E-state index is 12.8. The van der Waals surface area contributed by atoms with Crippen LogP contribution in [0.25, 0.3) is 0 Å². The average Bonchev–Trinajstić information content (AvgIpc) is 2.73. The molecule has 0 unspecified atom stereocenters. The maximum Gasteiger partial charge on any atom is 0.253 e. The van der Waals surface area contributed by atoms with E-state index in [-0.39, 0.29) is 16.7 Å². The smallest absolute Gasteiger partial charge is 0.253 e. The second-order valence-electron chi connectivity index (χ2n) is 7.57. The molecular formula is C22H26N2O4S. The van der Waals surface area contributed by atoms with Gasteiger partial charge in [-0.25, -0.2) is 8.42 Å². The van der Waals surface area contributed by atoms with Crippen LogP contribution >= 0.6 is 0 Å². The van der Waals surface area contributed by atoms with E-state index in [2.05, 4.69) is 0 Å². The van der Waals surface area contributed by atoms with Gasteiger partial charge in [0.1, 0.15) is 0 Å². The summed E-state index contributed by atoms with van der Waals surface area (Å²) < 4.78 is 24.4. The summed E-state index contributed by atoms with van der Waals surface area (Å²) in [6.07, 6.45) is 0. The standard InChI is InChI=1S/C22H26N2O4S/c1-16(2)29(27,28)20-10-8-19(9-11-20)22(26)24-14-12-23(13-15-24)21(25)18-6-4-17(3)5-7-18/h4-11,16H,12-15H2,1-3H3. The molecule has 0 aromatic heterocycles. The monoisotopic (exact) mass is 414 g/mol. The first-order valence-corrected chi connectivity index (χ1v) is 11.2. The lowest BCUT2D eigenvalue weighted by Crippen LogP contribution is -2.50. The number of rotatable bonds is 4. The summed E-state index contributed by atoms with van der Waals surface area (Å²) in [7, 11) is -3.36. The van der Waals surface area contributed by atoms with E-state index in [1.165, 1.54) is 12.1 Å². The molecule has 0 bridgehead atoms. The summed E-state index contributed by atoms with van der Waals surface area (Å²) in [5, 5.41) is -0.511. The molecule has 0 atom stereocenters. The minimum Gasteiger partial charge on any atom is -0.335 e. The van der Waals surface area contributed by atoms with Gasteiger partial charge in [0.25, 0.3) is 11.8 Å². The first-order chi connectivity index (χ1) is 13.7. The molecule has 7 heteroatoms. The van der Waals surface area contributed by atoms with Gasteiger partial charge in [0.05, 0.1) is 10.1 Å². The molecule has 0 aliphatic carbocycles. The number of aryl methyl sites for hydroxylation is 1. The fourth-order valence-electron chi connectivity index (χ4n) is 3.23. The van der Waals surface area contributed by atoms with Gasteiger partial charge in [-0.3, -0.25) is 9.59 Å². The highest BCUT2D eigenvalue weighted by Gasteiger charge is 2.26. The SMILES string of the molecule is Cc1ccc(C(=O)N2CCN(C(=O)c3ccc(S(=O)(=O)C(C)C)cc3)CC2)cc1. The van der Waals surface area contributed by atoms with E-state index in [1.54, 1.807) is 35.8 Å². The molecule has 154 valence electrons. The summed E-state index contributed by atoms with van der Waals surface area (Å²) in [5.74, 6) is -0.179. The zero-order valence-corrected chi connectivity index (χ0v) is 17.8. The first kappa shape index (κ1) is 21.0. The van der Waals surface area contributed by atoms with Crippen LogP contribution in [0.1, 0.15) is 40.1 Å². The zero-order chi connectivity index (χ0) is 21.2. The zero-order valence-electron chi connectivity index (χ0n) is 17.0. The topological polar surface area (TPSA) is 74.8 Å². The fourth-order valence-corrected chi connectivity index (χ4v) is 4.29. The third kappa shape index (κ3) is 4.50. The largest absolute Gasteiger partial charge is 0.335 e. The van der Waals surface area contributed by atoms with Gasteiger partial charge in [-0.1, -0.05) is 17.7 Å². The number of benzene rings is 2. The highest BCUT2D eigenvalue weighted by Crippen LogP contribution is 2.18. The Morgan fingerprint density at radius 2 is 1.14 bits per heavy atom. The number of nitrogens with zero attached hydrogens (tertiary/aromatic N) is 2. The van der Waals surface area contributed by atoms with Crippen LogP contribution in [0.15, 0.2) is 53.4 Å². The second kappa shape index (κ2) is 8.37. The minimum absolute atomic E-state index is 0.0275. The van der Waals surface area contributed by atoms with Gasteiger partial charge in [-0.2, -0.15) is 0 Å². The van der Waals surface area contributed by atoms with Crippen molar-refractivity contribution in [3.8, 4) is 0 Å². The Balaban J connectivity index is 1.63. The van der Waals surface area contributed by atoms with Gasteiger partial charge in [-0.15, -0.1) is 0 Å². The number of amides is 2. The molecule has 6 nitrogen and oxygen atoms in total. The lowest BCUT2D eigenvalue weighted by Gasteiger charge is -2.35. The summed E-state index contributed by atoms with van der Waals surface area (Å²) in [5.41, 5.74) is 2.20.